The second kappa shape index (κ2) is 9.81. The van der Waals surface area contributed by atoms with E-state index in [0.29, 0.717) is 50.4 Å². The van der Waals surface area contributed by atoms with Crippen molar-refractivity contribution in [2.45, 2.75) is 104 Å². The van der Waals surface area contributed by atoms with E-state index in [0.717, 1.165) is 49.8 Å². The molecule has 3 saturated carbocycles. The minimum Gasteiger partial charge on any atom is -0.494 e. The van der Waals surface area contributed by atoms with E-state index in [4.69, 9.17) is 14.2 Å². The number of carbonyl (C=O) groups excluding carboxylic acids is 1. The molecule has 0 bridgehead atoms. The molecule has 4 aliphatic carbocycles. The minimum absolute atomic E-state index is 0.0893. The van der Waals surface area contributed by atoms with Gasteiger partial charge in [0.1, 0.15) is 11.4 Å². The molecular weight excluding hydrogens is 464 g/mol. The van der Waals surface area contributed by atoms with E-state index in [-0.39, 0.29) is 16.6 Å². The zero-order chi connectivity index (χ0) is 26.5. The first-order valence-corrected chi connectivity index (χ1v) is 14.5. The van der Waals surface area contributed by atoms with Crippen LogP contribution in [0.2, 0.25) is 0 Å². The molecule has 1 N–H and O–H groups in total. The van der Waals surface area contributed by atoms with Gasteiger partial charge in [0.2, 0.25) is 0 Å². The fourth-order valence-electron chi connectivity index (χ4n) is 8.97. The van der Waals surface area contributed by atoms with E-state index in [1.165, 1.54) is 5.57 Å². The van der Waals surface area contributed by atoms with Crippen LogP contribution in [0.5, 0.6) is 5.75 Å². The van der Waals surface area contributed by atoms with Crippen molar-refractivity contribution in [3.05, 3.63) is 41.5 Å². The number of ether oxygens (including phenoxy) is 3. The Labute approximate surface area is 223 Å². The van der Waals surface area contributed by atoms with Crippen molar-refractivity contribution in [3.63, 3.8) is 0 Å². The third kappa shape index (κ3) is 4.30. The summed E-state index contributed by atoms with van der Waals surface area (Å²) in [5.41, 5.74) is 1.79. The predicted molar refractivity (Wildman–Crippen MR) is 144 cm³/mol. The first-order chi connectivity index (χ1) is 17.6. The van der Waals surface area contributed by atoms with Crippen LogP contribution in [0.4, 0.5) is 0 Å². The molecule has 37 heavy (non-hydrogen) atoms. The lowest BCUT2D eigenvalue weighted by atomic mass is 9.46. The lowest BCUT2D eigenvalue weighted by Gasteiger charge is -2.60. The van der Waals surface area contributed by atoms with Gasteiger partial charge >= 0.3 is 0 Å². The quantitative estimate of drug-likeness (QED) is 0.315. The average molecular weight is 511 g/mol. The predicted octanol–water partition coefficient (Wildman–Crippen LogP) is 6.62. The number of carbonyl (C=O) groups is 1. The van der Waals surface area contributed by atoms with E-state index in [2.05, 4.69) is 19.9 Å². The Morgan fingerprint density at radius 2 is 1.70 bits per heavy atom. The summed E-state index contributed by atoms with van der Waals surface area (Å²) < 4.78 is 18.0. The Morgan fingerprint density at radius 3 is 2.38 bits per heavy atom. The van der Waals surface area contributed by atoms with Crippen LogP contribution in [0.25, 0.3) is 0 Å². The fraction of sp³-hybridized carbons (Fsp3) is 0.719. The second-order valence-electron chi connectivity index (χ2n) is 12.6. The number of allylic oxidation sites excluding steroid dienone is 1. The van der Waals surface area contributed by atoms with Gasteiger partial charge in [-0.05, 0) is 100 Å². The normalized spacial score (nSPS) is 40.8. The van der Waals surface area contributed by atoms with Crippen molar-refractivity contribution < 1.29 is 24.1 Å². The van der Waals surface area contributed by atoms with Gasteiger partial charge in [-0.2, -0.15) is 0 Å². The Morgan fingerprint density at radius 1 is 0.973 bits per heavy atom. The molecule has 0 aromatic heterocycles. The first kappa shape index (κ1) is 26.9. The molecule has 4 aliphatic rings. The Bertz CT molecular complexity index is 1030. The molecule has 1 aromatic rings. The highest BCUT2D eigenvalue weighted by atomic mass is 16.6. The average Bonchev–Trinajstić information content (AvgIpc) is 3.18. The monoisotopic (exact) mass is 510 g/mol. The number of Topliss-reactive ketones (excluding diaryl/α,β-unsaturated/α-hetero) is 1. The molecule has 5 heteroatoms. The van der Waals surface area contributed by atoms with Crippen molar-refractivity contribution in [2.24, 2.45) is 28.6 Å². The molecule has 1 unspecified atom stereocenters. The van der Waals surface area contributed by atoms with Gasteiger partial charge in [0.15, 0.2) is 11.6 Å². The van der Waals surface area contributed by atoms with Crippen LogP contribution in [-0.4, -0.2) is 35.5 Å². The van der Waals surface area contributed by atoms with E-state index in [1.54, 1.807) is 6.92 Å². The molecule has 5 nitrogen and oxygen atoms in total. The minimum atomic E-state index is -1.12. The van der Waals surface area contributed by atoms with E-state index < -0.39 is 11.4 Å². The summed E-state index contributed by atoms with van der Waals surface area (Å²) in [6.45, 7) is 12.1. The topological polar surface area (TPSA) is 65.0 Å². The maximum absolute atomic E-state index is 13.0. The standard InChI is InChI=1S/C32H46O5/c1-6-35-25-11-8-23(9-12-25)21-37-31(34)19-18-29(4)24(20-31)10-13-26-27(29)14-16-30(5)28(26)15-17-32(30,22(3)33)36-7-2/h8-12,26-28,34H,6-7,13-21H2,1-5H3/t26-,27+,28+,29+,30+,31?,32+/m1/s1. The van der Waals surface area contributed by atoms with Gasteiger partial charge in [0.05, 0.1) is 13.2 Å². The smallest absolute Gasteiger partial charge is 0.169 e. The number of fused-ring (bicyclic) bond motifs is 5. The summed E-state index contributed by atoms with van der Waals surface area (Å²) in [6.07, 6.45) is 9.72. The zero-order valence-corrected chi connectivity index (χ0v) is 23.5. The fourth-order valence-corrected chi connectivity index (χ4v) is 8.97. The van der Waals surface area contributed by atoms with Crippen molar-refractivity contribution in [3.8, 4) is 5.75 Å². The summed E-state index contributed by atoms with van der Waals surface area (Å²) in [4.78, 5) is 13.0. The molecule has 0 radical (unpaired) electrons. The largest absolute Gasteiger partial charge is 0.494 e. The lowest BCUT2D eigenvalue weighted by molar-refractivity contribution is -0.232. The van der Waals surface area contributed by atoms with Gasteiger partial charge < -0.3 is 19.3 Å². The molecule has 0 amide bonds. The molecular formula is C32H46O5. The van der Waals surface area contributed by atoms with Gasteiger partial charge in [-0.1, -0.05) is 37.6 Å². The molecule has 7 atom stereocenters. The molecule has 3 fully saturated rings. The summed E-state index contributed by atoms with van der Waals surface area (Å²) >= 11 is 0. The molecule has 0 aliphatic heterocycles. The number of rotatable bonds is 8. The molecule has 0 saturated heterocycles. The van der Waals surface area contributed by atoms with Gasteiger partial charge in [0, 0.05) is 24.9 Å². The van der Waals surface area contributed by atoms with Crippen molar-refractivity contribution in [1.82, 2.24) is 0 Å². The Balaban J connectivity index is 1.31. The highest BCUT2D eigenvalue weighted by molar-refractivity contribution is 5.86. The van der Waals surface area contributed by atoms with Crippen molar-refractivity contribution in [1.29, 1.82) is 0 Å². The summed E-state index contributed by atoms with van der Waals surface area (Å²) in [7, 11) is 0. The summed E-state index contributed by atoms with van der Waals surface area (Å²) in [6, 6.07) is 7.94. The number of ketones is 1. The van der Waals surface area contributed by atoms with Gasteiger partial charge in [-0.15, -0.1) is 0 Å². The van der Waals surface area contributed by atoms with Gasteiger partial charge in [-0.25, -0.2) is 0 Å². The molecule has 1 aromatic carbocycles. The van der Waals surface area contributed by atoms with Crippen molar-refractivity contribution >= 4 is 5.78 Å². The molecule has 5 rings (SSSR count). The summed E-state index contributed by atoms with van der Waals surface area (Å²) in [5.74, 6) is 1.62. The molecule has 0 heterocycles. The van der Waals surface area contributed by atoms with E-state index >= 15 is 0 Å². The Hall–Kier alpha value is -1.69. The van der Waals surface area contributed by atoms with Crippen LogP contribution in [0.1, 0.15) is 91.5 Å². The maximum Gasteiger partial charge on any atom is 0.169 e. The highest BCUT2D eigenvalue weighted by Crippen LogP contribution is 2.68. The highest BCUT2D eigenvalue weighted by Gasteiger charge is 2.66. The van der Waals surface area contributed by atoms with Gasteiger partial charge in [0.25, 0.3) is 0 Å². The van der Waals surface area contributed by atoms with E-state index in [1.807, 2.05) is 38.1 Å². The summed E-state index contributed by atoms with van der Waals surface area (Å²) in [5, 5.41) is 11.5. The lowest BCUT2D eigenvalue weighted by Crippen LogP contribution is -2.58. The number of aliphatic hydroxyl groups is 1. The number of benzene rings is 1. The maximum atomic E-state index is 13.0. The zero-order valence-electron chi connectivity index (χ0n) is 23.5. The van der Waals surface area contributed by atoms with Crippen molar-refractivity contribution in [2.75, 3.05) is 13.2 Å². The first-order valence-electron chi connectivity index (χ1n) is 14.5. The number of hydrogen-bond acceptors (Lipinski definition) is 5. The second-order valence-corrected chi connectivity index (χ2v) is 12.6. The van der Waals surface area contributed by atoms with Crippen LogP contribution >= 0.6 is 0 Å². The Kier molecular flexibility index (Phi) is 7.13. The van der Waals surface area contributed by atoms with Crippen LogP contribution in [0.15, 0.2) is 35.9 Å². The van der Waals surface area contributed by atoms with Crippen LogP contribution < -0.4 is 4.74 Å². The SMILES string of the molecule is CCOc1ccc(COC2(O)CC[C@@]3(C)C(=CC[C@@H]4[C@@H]3CC[C@@]3(C)[C@H]4CC[C@]3(OCC)C(C)=O)C2)cc1. The third-order valence-corrected chi connectivity index (χ3v) is 10.9. The molecule has 0 spiro atoms. The molecule has 204 valence electrons. The van der Waals surface area contributed by atoms with Crippen LogP contribution in [-0.2, 0) is 20.9 Å². The third-order valence-electron chi connectivity index (χ3n) is 10.9. The van der Waals surface area contributed by atoms with Crippen LogP contribution in [0, 0.1) is 28.6 Å². The van der Waals surface area contributed by atoms with Crippen LogP contribution in [0.3, 0.4) is 0 Å². The van der Waals surface area contributed by atoms with E-state index in [9.17, 15) is 9.90 Å². The van der Waals surface area contributed by atoms with Gasteiger partial charge in [-0.3, -0.25) is 4.79 Å². The number of hydrogen-bond donors (Lipinski definition) is 1.